The largest absolute Gasteiger partial charge is 0.477 e. The molecule has 0 saturated heterocycles. The van der Waals surface area contributed by atoms with E-state index in [4.69, 9.17) is 5.11 Å². The summed E-state index contributed by atoms with van der Waals surface area (Å²) >= 11 is 0. The number of hydrogen-bond acceptors (Lipinski definition) is 3. The topological polar surface area (TPSA) is 72.2 Å². The molecule has 0 atom stereocenters. The number of rotatable bonds is 3. The molecule has 0 aliphatic heterocycles. The lowest BCUT2D eigenvalue weighted by Gasteiger charge is -2.11. The van der Waals surface area contributed by atoms with Crippen LogP contribution in [0.4, 0.5) is 0 Å². The third-order valence-corrected chi connectivity index (χ3v) is 2.26. The zero-order valence-electron chi connectivity index (χ0n) is 9.07. The van der Waals surface area contributed by atoms with Crippen LogP contribution < -0.4 is 5.56 Å². The molecular formula is C10H14N2O3. The van der Waals surface area contributed by atoms with Gasteiger partial charge in [0, 0.05) is 6.54 Å². The molecule has 82 valence electrons. The zero-order chi connectivity index (χ0) is 11.6. The predicted octanol–water partition coefficient (Wildman–Crippen LogP) is 0.832. The number of hydrogen-bond donors (Lipinski definition) is 1. The molecule has 1 N–H and O–H groups in total. The van der Waals surface area contributed by atoms with Crippen molar-refractivity contribution in [1.82, 2.24) is 9.55 Å². The second-order valence-corrected chi connectivity index (χ2v) is 3.20. The Balaban J connectivity index is 3.61. The molecule has 5 nitrogen and oxygen atoms in total. The van der Waals surface area contributed by atoms with Crippen molar-refractivity contribution < 1.29 is 9.90 Å². The molecule has 0 aliphatic rings. The van der Waals surface area contributed by atoms with E-state index in [2.05, 4.69) is 4.98 Å². The summed E-state index contributed by atoms with van der Waals surface area (Å²) in [6, 6.07) is 0. The summed E-state index contributed by atoms with van der Waals surface area (Å²) in [5.74, 6) is -1.11. The van der Waals surface area contributed by atoms with Crippen LogP contribution in [-0.2, 0) is 13.0 Å². The quantitative estimate of drug-likeness (QED) is 0.802. The van der Waals surface area contributed by atoms with Crippen molar-refractivity contribution in [2.45, 2.75) is 33.7 Å². The van der Waals surface area contributed by atoms with E-state index >= 15 is 0 Å². The van der Waals surface area contributed by atoms with Crippen LogP contribution in [0.3, 0.4) is 0 Å². The van der Waals surface area contributed by atoms with Gasteiger partial charge >= 0.3 is 5.97 Å². The van der Waals surface area contributed by atoms with Crippen LogP contribution in [0, 0.1) is 6.92 Å². The van der Waals surface area contributed by atoms with E-state index in [-0.39, 0.29) is 11.3 Å². The lowest BCUT2D eigenvalue weighted by atomic mass is 10.2. The number of carboxylic acids is 1. The molecule has 1 aromatic heterocycles. The molecule has 1 rings (SSSR count). The first kappa shape index (κ1) is 11.4. The minimum atomic E-state index is -1.11. The molecule has 0 saturated carbocycles. The van der Waals surface area contributed by atoms with Gasteiger partial charge in [-0.2, -0.15) is 0 Å². The number of nitrogens with zero attached hydrogens (tertiary/aromatic N) is 2. The second kappa shape index (κ2) is 4.25. The smallest absolute Gasteiger partial charge is 0.354 e. The summed E-state index contributed by atoms with van der Waals surface area (Å²) in [6.07, 6.45) is 0.513. The van der Waals surface area contributed by atoms with E-state index < -0.39 is 5.97 Å². The van der Waals surface area contributed by atoms with E-state index in [1.54, 1.807) is 13.8 Å². The number of carbonyl (C=O) groups is 1. The van der Waals surface area contributed by atoms with Crippen LogP contribution >= 0.6 is 0 Å². The molecule has 0 amide bonds. The highest BCUT2D eigenvalue weighted by Gasteiger charge is 2.17. The molecule has 0 aliphatic carbocycles. The Morgan fingerprint density at radius 1 is 1.47 bits per heavy atom. The van der Waals surface area contributed by atoms with Crippen molar-refractivity contribution in [3.63, 3.8) is 0 Å². The van der Waals surface area contributed by atoms with Crippen LogP contribution in [-0.4, -0.2) is 20.6 Å². The maximum absolute atomic E-state index is 11.7. The van der Waals surface area contributed by atoms with Gasteiger partial charge in [-0.25, -0.2) is 9.78 Å². The number of aromatic nitrogens is 2. The van der Waals surface area contributed by atoms with Gasteiger partial charge in [0.2, 0.25) is 0 Å². The van der Waals surface area contributed by atoms with Gasteiger partial charge in [-0.15, -0.1) is 0 Å². The van der Waals surface area contributed by atoms with Gasteiger partial charge in [-0.1, -0.05) is 6.92 Å². The number of aromatic carboxylic acids is 1. The second-order valence-electron chi connectivity index (χ2n) is 3.20. The average molecular weight is 210 g/mol. The first-order valence-electron chi connectivity index (χ1n) is 4.86. The van der Waals surface area contributed by atoms with E-state index in [1.807, 2.05) is 6.92 Å². The maximum Gasteiger partial charge on any atom is 0.354 e. The average Bonchev–Trinajstić information content (AvgIpc) is 2.19. The van der Waals surface area contributed by atoms with Crippen molar-refractivity contribution in [3.8, 4) is 0 Å². The van der Waals surface area contributed by atoms with Gasteiger partial charge in [0.15, 0.2) is 5.69 Å². The normalized spacial score (nSPS) is 10.3. The summed E-state index contributed by atoms with van der Waals surface area (Å²) in [4.78, 5) is 26.7. The van der Waals surface area contributed by atoms with E-state index in [0.29, 0.717) is 24.4 Å². The minimum absolute atomic E-state index is 0.0142. The Bertz CT molecular complexity index is 449. The van der Waals surface area contributed by atoms with Gasteiger partial charge in [-0.3, -0.25) is 9.36 Å². The Kier molecular flexibility index (Phi) is 3.24. The highest BCUT2D eigenvalue weighted by Crippen LogP contribution is 2.04. The maximum atomic E-state index is 11.7. The van der Waals surface area contributed by atoms with Crippen LogP contribution in [0.5, 0.6) is 0 Å². The summed E-state index contributed by atoms with van der Waals surface area (Å²) in [7, 11) is 0. The van der Waals surface area contributed by atoms with Gasteiger partial charge < -0.3 is 5.11 Å². The molecule has 0 aromatic carbocycles. The highest BCUT2D eigenvalue weighted by atomic mass is 16.4. The van der Waals surface area contributed by atoms with Gasteiger partial charge in [0.05, 0.1) is 5.69 Å². The third-order valence-electron chi connectivity index (χ3n) is 2.26. The summed E-state index contributed by atoms with van der Waals surface area (Å²) in [5, 5.41) is 8.97. The van der Waals surface area contributed by atoms with Gasteiger partial charge in [-0.05, 0) is 20.3 Å². The van der Waals surface area contributed by atoms with Crippen LogP contribution in [0.1, 0.15) is 35.7 Å². The fourth-order valence-corrected chi connectivity index (χ4v) is 1.56. The minimum Gasteiger partial charge on any atom is -0.477 e. The Hall–Kier alpha value is -1.65. The van der Waals surface area contributed by atoms with E-state index in [1.165, 1.54) is 4.57 Å². The number of aryl methyl sites for hydroxylation is 2. The van der Waals surface area contributed by atoms with E-state index in [9.17, 15) is 9.59 Å². The summed E-state index contributed by atoms with van der Waals surface area (Å²) in [5.41, 5.74) is 0.489. The van der Waals surface area contributed by atoms with Crippen molar-refractivity contribution in [2.75, 3.05) is 0 Å². The molecule has 0 bridgehead atoms. The monoisotopic (exact) mass is 210 g/mol. The van der Waals surface area contributed by atoms with Crippen LogP contribution in [0.15, 0.2) is 4.79 Å². The fourth-order valence-electron chi connectivity index (χ4n) is 1.56. The van der Waals surface area contributed by atoms with Gasteiger partial charge in [0.1, 0.15) is 5.69 Å². The lowest BCUT2D eigenvalue weighted by Crippen LogP contribution is -2.30. The van der Waals surface area contributed by atoms with Crippen molar-refractivity contribution >= 4 is 5.97 Å². The molecule has 0 fully saturated rings. The SMILES string of the molecule is CCc1nc(C)c(C(=O)O)n(CC)c1=O. The third kappa shape index (κ3) is 1.91. The van der Waals surface area contributed by atoms with Crippen LogP contribution in [0.25, 0.3) is 0 Å². The summed E-state index contributed by atoms with van der Waals surface area (Å²) < 4.78 is 1.25. The van der Waals surface area contributed by atoms with E-state index in [0.717, 1.165) is 0 Å². The first-order valence-corrected chi connectivity index (χ1v) is 4.86. The lowest BCUT2D eigenvalue weighted by molar-refractivity contribution is 0.0681. The Labute approximate surface area is 87.4 Å². The molecule has 1 heterocycles. The van der Waals surface area contributed by atoms with Crippen molar-refractivity contribution in [1.29, 1.82) is 0 Å². The highest BCUT2D eigenvalue weighted by molar-refractivity contribution is 5.86. The Morgan fingerprint density at radius 2 is 2.07 bits per heavy atom. The zero-order valence-corrected chi connectivity index (χ0v) is 9.07. The van der Waals surface area contributed by atoms with Crippen molar-refractivity contribution in [2.24, 2.45) is 0 Å². The molecule has 5 heteroatoms. The Morgan fingerprint density at radius 3 is 2.47 bits per heavy atom. The molecule has 1 aromatic rings. The predicted molar refractivity (Wildman–Crippen MR) is 55.2 cm³/mol. The van der Waals surface area contributed by atoms with Crippen molar-refractivity contribution in [3.05, 3.63) is 27.4 Å². The molecule has 15 heavy (non-hydrogen) atoms. The van der Waals surface area contributed by atoms with Gasteiger partial charge in [0.25, 0.3) is 5.56 Å². The molecule has 0 radical (unpaired) electrons. The summed E-state index contributed by atoms with van der Waals surface area (Å²) in [6.45, 7) is 5.52. The fraction of sp³-hybridized carbons (Fsp3) is 0.500. The first-order chi connectivity index (χ1) is 7.02. The molecule has 0 spiro atoms. The standard InChI is InChI=1S/C10H14N2O3/c1-4-7-9(13)12(5-2)8(10(14)15)6(3)11-7/h4-5H2,1-3H3,(H,14,15). The molecular weight excluding hydrogens is 196 g/mol. The molecule has 0 unspecified atom stereocenters. The number of carboxylic acid groups (broad SMARTS) is 1. The van der Waals surface area contributed by atoms with Crippen LogP contribution in [0.2, 0.25) is 0 Å².